The second kappa shape index (κ2) is 6.34. The molecule has 5 heteroatoms. The van der Waals surface area contributed by atoms with Crippen LogP contribution in [-0.4, -0.2) is 23.0 Å². The number of carboxylic acids is 1. The summed E-state index contributed by atoms with van der Waals surface area (Å²) in [5, 5.41) is 11.8. The van der Waals surface area contributed by atoms with Crippen molar-refractivity contribution in [2.75, 3.05) is 0 Å². The molecule has 1 amide bonds. The normalized spacial score (nSPS) is 22.4. The molecule has 0 radical (unpaired) electrons. The molecular weight excluding hydrogens is 256 g/mol. The van der Waals surface area contributed by atoms with Crippen LogP contribution in [0.2, 0.25) is 0 Å². The summed E-state index contributed by atoms with van der Waals surface area (Å²) in [5.74, 6) is -1.40. The van der Waals surface area contributed by atoms with Crippen LogP contribution in [-0.2, 0) is 9.59 Å². The molecule has 0 aromatic heterocycles. The van der Waals surface area contributed by atoms with E-state index in [4.69, 9.17) is 10.8 Å². The number of aliphatic carboxylic acids is 1. The molecule has 0 fully saturated rings. The number of nitrogens with one attached hydrogen (secondary N) is 1. The van der Waals surface area contributed by atoms with Crippen LogP contribution in [0.25, 0.3) is 0 Å². The van der Waals surface area contributed by atoms with Crippen LogP contribution in [0.4, 0.5) is 0 Å². The van der Waals surface area contributed by atoms with Gasteiger partial charge in [-0.25, -0.2) is 0 Å². The monoisotopic (exact) mass is 274 g/mol. The summed E-state index contributed by atoms with van der Waals surface area (Å²) in [6, 6.07) is 8.49. The summed E-state index contributed by atoms with van der Waals surface area (Å²) >= 11 is 0. The van der Waals surface area contributed by atoms with Gasteiger partial charge in [-0.3, -0.25) is 9.59 Å². The fourth-order valence-corrected chi connectivity index (χ4v) is 2.31. The van der Waals surface area contributed by atoms with E-state index in [9.17, 15) is 9.59 Å². The molecule has 106 valence electrons. The fraction of sp³-hybridized carbons (Fsp3) is 0.333. The second-order valence-corrected chi connectivity index (χ2v) is 4.96. The Balaban J connectivity index is 2.06. The minimum absolute atomic E-state index is 0.0969. The van der Waals surface area contributed by atoms with Crippen LogP contribution in [0.3, 0.4) is 0 Å². The lowest BCUT2D eigenvalue weighted by molar-refractivity contribution is -0.137. The molecule has 1 aliphatic rings. The van der Waals surface area contributed by atoms with Gasteiger partial charge in [-0.2, -0.15) is 0 Å². The maximum absolute atomic E-state index is 12.1. The van der Waals surface area contributed by atoms with E-state index in [-0.39, 0.29) is 24.3 Å². The first-order valence-electron chi connectivity index (χ1n) is 6.57. The molecule has 4 N–H and O–H groups in total. The second-order valence-electron chi connectivity index (χ2n) is 4.96. The van der Waals surface area contributed by atoms with Crippen LogP contribution >= 0.6 is 0 Å². The third kappa shape index (κ3) is 3.68. The number of hydrogen-bond acceptors (Lipinski definition) is 3. The van der Waals surface area contributed by atoms with Crippen molar-refractivity contribution in [2.24, 2.45) is 11.7 Å². The molecule has 0 heterocycles. The van der Waals surface area contributed by atoms with Crippen LogP contribution in [0, 0.1) is 5.92 Å². The average molecular weight is 274 g/mol. The van der Waals surface area contributed by atoms with E-state index in [2.05, 4.69) is 5.32 Å². The van der Waals surface area contributed by atoms with Gasteiger partial charge in [-0.1, -0.05) is 42.5 Å². The highest BCUT2D eigenvalue weighted by Crippen LogP contribution is 2.21. The van der Waals surface area contributed by atoms with E-state index in [1.807, 2.05) is 30.3 Å². The van der Waals surface area contributed by atoms with Gasteiger partial charge in [0.05, 0.1) is 18.4 Å². The van der Waals surface area contributed by atoms with Crippen molar-refractivity contribution >= 4 is 11.9 Å². The number of carboxylic acid groups (broad SMARTS) is 1. The van der Waals surface area contributed by atoms with E-state index in [1.165, 1.54) is 0 Å². The topological polar surface area (TPSA) is 92.4 Å². The van der Waals surface area contributed by atoms with E-state index < -0.39 is 12.0 Å². The Morgan fingerprint density at radius 3 is 2.55 bits per heavy atom. The predicted octanol–water partition coefficient (Wildman–Crippen LogP) is 1.22. The highest BCUT2D eigenvalue weighted by atomic mass is 16.4. The number of rotatable bonds is 5. The Morgan fingerprint density at radius 1 is 1.30 bits per heavy atom. The Kier molecular flexibility index (Phi) is 4.53. The highest BCUT2D eigenvalue weighted by Gasteiger charge is 2.26. The molecule has 0 spiro atoms. The van der Waals surface area contributed by atoms with E-state index in [1.54, 1.807) is 12.2 Å². The van der Waals surface area contributed by atoms with Crippen LogP contribution in [0.15, 0.2) is 42.5 Å². The van der Waals surface area contributed by atoms with Crippen molar-refractivity contribution in [2.45, 2.75) is 24.9 Å². The van der Waals surface area contributed by atoms with Crippen LogP contribution in [0.5, 0.6) is 0 Å². The van der Waals surface area contributed by atoms with Gasteiger partial charge in [0.2, 0.25) is 5.91 Å². The Hall–Kier alpha value is -2.14. The number of nitrogens with two attached hydrogens (primary N) is 1. The van der Waals surface area contributed by atoms with Gasteiger partial charge >= 0.3 is 5.97 Å². The first kappa shape index (κ1) is 14.3. The Labute approximate surface area is 117 Å². The molecule has 1 aromatic rings. The summed E-state index contributed by atoms with van der Waals surface area (Å²) in [6.45, 7) is 0. The third-order valence-electron chi connectivity index (χ3n) is 3.35. The smallest absolute Gasteiger partial charge is 0.305 e. The van der Waals surface area contributed by atoms with Crippen molar-refractivity contribution in [3.8, 4) is 0 Å². The van der Waals surface area contributed by atoms with Gasteiger partial charge in [0.25, 0.3) is 0 Å². The average Bonchev–Trinajstić information content (AvgIpc) is 2.85. The SMILES string of the molecule is NC1C=CC(C(=O)NC(CC(=O)O)c2ccccc2)C1. The lowest BCUT2D eigenvalue weighted by Crippen LogP contribution is -2.35. The first-order valence-corrected chi connectivity index (χ1v) is 6.57. The quantitative estimate of drug-likeness (QED) is 0.704. The minimum atomic E-state index is -0.946. The Morgan fingerprint density at radius 2 is 2.00 bits per heavy atom. The maximum Gasteiger partial charge on any atom is 0.305 e. The number of amides is 1. The third-order valence-corrected chi connectivity index (χ3v) is 3.35. The van der Waals surface area contributed by atoms with E-state index in [0.29, 0.717) is 6.42 Å². The lowest BCUT2D eigenvalue weighted by atomic mass is 10.0. The van der Waals surface area contributed by atoms with Crippen molar-refractivity contribution < 1.29 is 14.7 Å². The zero-order valence-corrected chi connectivity index (χ0v) is 11.0. The van der Waals surface area contributed by atoms with Gasteiger partial charge < -0.3 is 16.2 Å². The molecule has 0 bridgehead atoms. The molecule has 0 saturated carbocycles. The number of benzene rings is 1. The summed E-state index contributed by atoms with van der Waals surface area (Å²) in [4.78, 5) is 23.1. The fourth-order valence-electron chi connectivity index (χ4n) is 2.31. The van der Waals surface area contributed by atoms with Gasteiger partial charge in [0.15, 0.2) is 0 Å². The van der Waals surface area contributed by atoms with Gasteiger partial charge in [-0.15, -0.1) is 0 Å². The lowest BCUT2D eigenvalue weighted by Gasteiger charge is -2.19. The first-order chi connectivity index (χ1) is 9.56. The summed E-state index contributed by atoms with van der Waals surface area (Å²) in [5.41, 5.74) is 6.51. The zero-order valence-electron chi connectivity index (χ0n) is 11.0. The van der Waals surface area contributed by atoms with Crippen LogP contribution in [0.1, 0.15) is 24.4 Å². The van der Waals surface area contributed by atoms with E-state index >= 15 is 0 Å². The summed E-state index contributed by atoms with van der Waals surface area (Å²) < 4.78 is 0. The van der Waals surface area contributed by atoms with Gasteiger partial charge in [-0.05, 0) is 12.0 Å². The van der Waals surface area contributed by atoms with Crippen molar-refractivity contribution in [3.05, 3.63) is 48.0 Å². The van der Waals surface area contributed by atoms with E-state index in [0.717, 1.165) is 5.56 Å². The van der Waals surface area contributed by atoms with Crippen molar-refractivity contribution in [3.63, 3.8) is 0 Å². The molecular formula is C15H18N2O3. The predicted molar refractivity (Wildman–Crippen MR) is 74.8 cm³/mol. The van der Waals surface area contributed by atoms with Crippen LogP contribution < -0.4 is 11.1 Å². The molecule has 0 aliphatic heterocycles. The highest BCUT2D eigenvalue weighted by molar-refractivity contribution is 5.82. The number of hydrogen-bond donors (Lipinski definition) is 3. The minimum Gasteiger partial charge on any atom is -0.481 e. The molecule has 2 rings (SSSR count). The van der Waals surface area contributed by atoms with Gasteiger partial charge in [0, 0.05) is 6.04 Å². The molecule has 3 atom stereocenters. The van der Waals surface area contributed by atoms with Crippen molar-refractivity contribution in [1.82, 2.24) is 5.32 Å². The largest absolute Gasteiger partial charge is 0.481 e. The number of carbonyl (C=O) groups is 2. The molecule has 20 heavy (non-hydrogen) atoms. The molecule has 1 aliphatic carbocycles. The van der Waals surface area contributed by atoms with Gasteiger partial charge in [0.1, 0.15) is 0 Å². The standard InChI is InChI=1S/C15H18N2O3/c16-12-7-6-11(8-12)15(20)17-13(9-14(18)19)10-4-2-1-3-5-10/h1-7,11-13H,8-9,16H2,(H,17,20)(H,18,19). The number of carbonyl (C=O) groups excluding carboxylic acids is 1. The molecule has 3 unspecified atom stereocenters. The Bertz CT molecular complexity index is 513. The molecule has 0 saturated heterocycles. The summed E-state index contributed by atoms with van der Waals surface area (Å²) in [7, 11) is 0. The maximum atomic E-state index is 12.1. The zero-order chi connectivity index (χ0) is 14.5. The molecule has 5 nitrogen and oxygen atoms in total. The molecule has 1 aromatic carbocycles. The van der Waals surface area contributed by atoms with Crippen molar-refractivity contribution in [1.29, 1.82) is 0 Å². The summed E-state index contributed by atoms with van der Waals surface area (Å²) in [6.07, 6.45) is 4.01.